The minimum atomic E-state index is -0.126. The number of nitrogens with one attached hydrogen (secondary N) is 2. The van der Waals surface area contributed by atoms with Gasteiger partial charge in [-0.2, -0.15) is 0 Å². The van der Waals surface area contributed by atoms with Gasteiger partial charge in [0.2, 0.25) is 0 Å². The molecule has 2 heterocycles. The van der Waals surface area contributed by atoms with E-state index in [0.717, 1.165) is 28.0 Å². The quantitative estimate of drug-likeness (QED) is 0.647. The number of carbonyl (C=O) groups is 1. The maximum atomic E-state index is 12.1. The first-order valence-corrected chi connectivity index (χ1v) is 7.58. The third-order valence-corrected chi connectivity index (χ3v) is 4.25. The van der Waals surface area contributed by atoms with E-state index in [1.807, 2.05) is 36.6 Å². The molecule has 0 aliphatic heterocycles. The molecule has 3 rings (SSSR count). The van der Waals surface area contributed by atoms with E-state index in [4.69, 9.17) is 5.73 Å². The van der Waals surface area contributed by atoms with Gasteiger partial charge < -0.3 is 16.0 Å². The van der Waals surface area contributed by atoms with Crippen molar-refractivity contribution in [3.8, 4) is 0 Å². The number of nitrogens with zero attached hydrogens (tertiary/aromatic N) is 1. The Labute approximate surface area is 126 Å². The molecular formula is C15H16N4OS. The molecule has 0 fully saturated rings. The summed E-state index contributed by atoms with van der Waals surface area (Å²) >= 11 is 1.62. The van der Waals surface area contributed by atoms with Crippen molar-refractivity contribution in [1.82, 2.24) is 15.3 Å². The number of thiazole rings is 1. The number of fused-ring (bicyclic) bond motifs is 1. The standard InChI is InChI=1S/C15H16N4OS/c1-9-8-21-13(18-9)5-6-17-15(20)12-7-10-3-2-4-11(16)14(10)19-12/h2-4,7-8,19H,5-6,16H2,1H3,(H,17,20). The molecule has 0 saturated heterocycles. The number of aromatic nitrogens is 2. The fraction of sp³-hybridized carbons (Fsp3) is 0.200. The molecule has 0 saturated carbocycles. The Morgan fingerprint density at radius 1 is 1.48 bits per heavy atom. The van der Waals surface area contributed by atoms with Crippen LogP contribution in [0.1, 0.15) is 21.2 Å². The zero-order valence-corrected chi connectivity index (χ0v) is 12.5. The molecular weight excluding hydrogens is 284 g/mol. The number of hydrogen-bond acceptors (Lipinski definition) is 4. The lowest BCUT2D eigenvalue weighted by atomic mass is 10.2. The van der Waals surface area contributed by atoms with Crippen LogP contribution < -0.4 is 11.1 Å². The summed E-state index contributed by atoms with van der Waals surface area (Å²) in [6.45, 7) is 2.53. The predicted octanol–water partition coefficient (Wildman–Crippen LogP) is 2.49. The van der Waals surface area contributed by atoms with Gasteiger partial charge in [-0.15, -0.1) is 11.3 Å². The highest BCUT2D eigenvalue weighted by molar-refractivity contribution is 7.09. The van der Waals surface area contributed by atoms with Gasteiger partial charge in [-0.1, -0.05) is 12.1 Å². The summed E-state index contributed by atoms with van der Waals surface area (Å²) in [7, 11) is 0. The monoisotopic (exact) mass is 300 g/mol. The number of nitrogen functional groups attached to an aromatic ring is 1. The lowest BCUT2D eigenvalue weighted by Crippen LogP contribution is -2.25. The van der Waals surface area contributed by atoms with Crippen molar-refractivity contribution < 1.29 is 4.79 Å². The average Bonchev–Trinajstić information content (AvgIpc) is 3.06. The first-order valence-electron chi connectivity index (χ1n) is 6.70. The summed E-state index contributed by atoms with van der Waals surface area (Å²) in [4.78, 5) is 19.6. The van der Waals surface area contributed by atoms with Gasteiger partial charge in [-0.05, 0) is 19.1 Å². The third kappa shape index (κ3) is 2.90. The minimum absolute atomic E-state index is 0.126. The second-order valence-corrected chi connectivity index (χ2v) is 5.83. The molecule has 0 aliphatic carbocycles. The molecule has 5 nitrogen and oxygen atoms in total. The highest BCUT2D eigenvalue weighted by Gasteiger charge is 2.10. The Morgan fingerprint density at radius 2 is 2.33 bits per heavy atom. The molecule has 0 radical (unpaired) electrons. The van der Waals surface area contributed by atoms with Crippen LogP contribution in [0.15, 0.2) is 29.6 Å². The summed E-state index contributed by atoms with van der Waals surface area (Å²) < 4.78 is 0. The minimum Gasteiger partial charge on any atom is -0.397 e. The Balaban J connectivity index is 1.65. The molecule has 0 unspecified atom stereocenters. The molecule has 1 amide bonds. The maximum Gasteiger partial charge on any atom is 0.267 e. The van der Waals surface area contributed by atoms with E-state index in [1.165, 1.54) is 0 Å². The summed E-state index contributed by atoms with van der Waals surface area (Å²) in [6, 6.07) is 7.43. The van der Waals surface area contributed by atoms with Gasteiger partial charge in [0.15, 0.2) is 0 Å². The number of rotatable bonds is 4. The number of amides is 1. The Morgan fingerprint density at radius 3 is 3.05 bits per heavy atom. The van der Waals surface area contributed by atoms with E-state index in [2.05, 4.69) is 15.3 Å². The summed E-state index contributed by atoms with van der Waals surface area (Å²) in [5, 5.41) is 6.88. The van der Waals surface area contributed by atoms with Crippen molar-refractivity contribution in [3.05, 3.63) is 46.0 Å². The topological polar surface area (TPSA) is 83.8 Å². The zero-order chi connectivity index (χ0) is 14.8. The van der Waals surface area contributed by atoms with Crippen LogP contribution in [0.2, 0.25) is 0 Å². The van der Waals surface area contributed by atoms with E-state index < -0.39 is 0 Å². The number of aryl methyl sites for hydroxylation is 1. The summed E-state index contributed by atoms with van der Waals surface area (Å²) in [5.41, 5.74) is 8.87. The molecule has 108 valence electrons. The van der Waals surface area contributed by atoms with Gasteiger partial charge >= 0.3 is 0 Å². The third-order valence-electron chi connectivity index (χ3n) is 3.22. The first-order chi connectivity index (χ1) is 10.1. The molecule has 2 aromatic heterocycles. The number of benzene rings is 1. The van der Waals surface area contributed by atoms with Crippen LogP contribution >= 0.6 is 11.3 Å². The number of aromatic amines is 1. The molecule has 3 aromatic rings. The number of carbonyl (C=O) groups excluding carboxylic acids is 1. The highest BCUT2D eigenvalue weighted by Crippen LogP contribution is 2.21. The number of nitrogens with two attached hydrogens (primary N) is 1. The van der Waals surface area contributed by atoms with Crippen LogP contribution in [-0.4, -0.2) is 22.4 Å². The lowest BCUT2D eigenvalue weighted by molar-refractivity contribution is 0.0950. The number of hydrogen-bond donors (Lipinski definition) is 3. The van der Waals surface area contributed by atoms with Crippen LogP contribution in [0.5, 0.6) is 0 Å². The molecule has 21 heavy (non-hydrogen) atoms. The smallest absolute Gasteiger partial charge is 0.267 e. The van der Waals surface area contributed by atoms with Gasteiger partial charge in [-0.25, -0.2) is 4.98 Å². The van der Waals surface area contributed by atoms with Crippen LogP contribution in [0.4, 0.5) is 5.69 Å². The van der Waals surface area contributed by atoms with Gasteiger partial charge in [0.1, 0.15) is 5.69 Å². The molecule has 6 heteroatoms. The van der Waals surface area contributed by atoms with E-state index in [-0.39, 0.29) is 5.91 Å². The molecule has 1 aromatic carbocycles. The van der Waals surface area contributed by atoms with Gasteiger partial charge in [-0.3, -0.25) is 4.79 Å². The average molecular weight is 300 g/mol. The van der Waals surface area contributed by atoms with Crippen molar-refractivity contribution in [2.24, 2.45) is 0 Å². The van der Waals surface area contributed by atoms with Gasteiger partial charge in [0.05, 0.1) is 16.2 Å². The maximum absolute atomic E-state index is 12.1. The Kier molecular flexibility index (Phi) is 3.62. The van der Waals surface area contributed by atoms with Crippen molar-refractivity contribution in [3.63, 3.8) is 0 Å². The summed E-state index contributed by atoms with van der Waals surface area (Å²) in [6.07, 6.45) is 0.743. The van der Waals surface area contributed by atoms with Crippen molar-refractivity contribution in [1.29, 1.82) is 0 Å². The number of para-hydroxylation sites is 1. The molecule has 0 atom stereocenters. The lowest BCUT2D eigenvalue weighted by Gasteiger charge is -2.01. The second kappa shape index (κ2) is 5.57. The fourth-order valence-electron chi connectivity index (χ4n) is 2.20. The van der Waals surface area contributed by atoms with Crippen molar-refractivity contribution in [2.45, 2.75) is 13.3 Å². The van der Waals surface area contributed by atoms with E-state index in [9.17, 15) is 4.79 Å². The number of anilines is 1. The van der Waals surface area contributed by atoms with Gasteiger partial charge in [0.25, 0.3) is 5.91 Å². The largest absolute Gasteiger partial charge is 0.397 e. The predicted molar refractivity (Wildman–Crippen MR) is 85.6 cm³/mol. The molecule has 0 aliphatic rings. The molecule has 0 bridgehead atoms. The van der Waals surface area contributed by atoms with E-state index in [1.54, 1.807) is 11.3 Å². The number of H-pyrrole nitrogens is 1. The fourth-order valence-corrected chi connectivity index (χ4v) is 2.97. The Bertz CT molecular complexity index is 790. The normalized spacial score (nSPS) is 10.9. The van der Waals surface area contributed by atoms with E-state index in [0.29, 0.717) is 17.9 Å². The zero-order valence-electron chi connectivity index (χ0n) is 11.6. The van der Waals surface area contributed by atoms with Crippen LogP contribution in [-0.2, 0) is 6.42 Å². The summed E-state index contributed by atoms with van der Waals surface area (Å²) in [5.74, 6) is -0.126. The molecule has 0 spiro atoms. The highest BCUT2D eigenvalue weighted by atomic mass is 32.1. The van der Waals surface area contributed by atoms with Crippen LogP contribution in [0.3, 0.4) is 0 Å². The Hall–Kier alpha value is -2.34. The van der Waals surface area contributed by atoms with Crippen LogP contribution in [0, 0.1) is 6.92 Å². The van der Waals surface area contributed by atoms with Crippen molar-refractivity contribution >= 4 is 33.8 Å². The van der Waals surface area contributed by atoms with Crippen molar-refractivity contribution in [2.75, 3.05) is 12.3 Å². The van der Waals surface area contributed by atoms with Gasteiger partial charge in [0, 0.05) is 29.4 Å². The second-order valence-electron chi connectivity index (χ2n) is 4.88. The van der Waals surface area contributed by atoms with E-state index >= 15 is 0 Å². The first kappa shape index (κ1) is 13.6. The SMILES string of the molecule is Cc1csc(CCNC(=O)c2cc3cccc(N)c3[nH]2)n1. The van der Waals surface area contributed by atoms with Crippen LogP contribution in [0.25, 0.3) is 10.9 Å². The molecule has 4 N–H and O–H groups in total.